The quantitative estimate of drug-likeness (QED) is 0.0222. The number of unbranched alkanes of at least 4 members (excludes halogenated alkanes) is 34. The van der Waals surface area contributed by atoms with Gasteiger partial charge in [0.05, 0.1) is 26.4 Å². The van der Waals surface area contributed by atoms with Crippen LogP contribution in [-0.4, -0.2) is 96.7 Å². The number of aliphatic hydroxyl groups is 1. The number of hydrogen-bond donors (Lipinski definition) is 3. The molecule has 5 atom stereocenters. The van der Waals surface area contributed by atoms with Crippen molar-refractivity contribution < 1.29 is 80.2 Å². The van der Waals surface area contributed by atoms with Crippen molar-refractivity contribution in [1.82, 2.24) is 0 Å². The van der Waals surface area contributed by atoms with Crippen LogP contribution in [0.15, 0.2) is 0 Å². The normalized spacial score (nSPS) is 14.3. The van der Waals surface area contributed by atoms with Crippen LogP contribution in [-0.2, 0) is 65.4 Å². The number of phosphoric acid groups is 2. The third-order valence-corrected chi connectivity index (χ3v) is 15.5. The second-order valence-electron chi connectivity index (χ2n) is 21.4. The van der Waals surface area contributed by atoms with Crippen molar-refractivity contribution in [2.24, 2.45) is 0 Å². The Balaban J connectivity index is 5.19. The minimum atomic E-state index is -4.94. The van der Waals surface area contributed by atoms with Gasteiger partial charge >= 0.3 is 39.5 Å². The van der Waals surface area contributed by atoms with Gasteiger partial charge in [0.1, 0.15) is 19.3 Å². The summed E-state index contributed by atoms with van der Waals surface area (Å²) in [5.74, 6) is -2.15. The van der Waals surface area contributed by atoms with Crippen molar-refractivity contribution >= 4 is 39.5 Å². The maximum atomic E-state index is 12.9. The van der Waals surface area contributed by atoms with Crippen LogP contribution in [0.3, 0.4) is 0 Å². The zero-order valence-electron chi connectivity index (χ0n) is 49.6. The Morgan fingerprint density at radius 2 is 0.513 bits per heavy atom. The minimum Gasteiger partial charge on any atom is -0.462 e. The van der Waals surface area contributed by atoms with Crippen molar-refractivity contribution in [1.29, 1.82) is 0 Å². The second kappa shape index (κ2) is 54.3. The summed E-state index contributed by atoms with van der Waals surface area (Å²) >= 11 is 0. The Kier molecular flexibility index (Phi) is 53.0. The van der Waals surface area contributed by atoms with Crippen LogP contribution in [0, 0.1) is 0 Å². The van der Waals surface area contributed by atoms with Crippen molar-refractivity contribution in [3.05, 3.63) is 0 Å². The van der Waals surface area contributed by atoms with Crippen molar-refractivity contribution in [3.8, 4) is 0 Å². The molecule has 0 aliphatic heterocycles. The van der Waals surface area contributed by atoms with E-state index in [1.165, 1.54) is 103 Å². The number of phosphoric ester groups is 2. The Hall–Kier alpha value is -1.94. The van der Waals surface area contributed by atoms with E-state index in [-0.39, 0.29) is 25.7 Å². The zero-order valence-corrected chi connectivity index (χ0v) is 51.4. The molecule has 0 bridgehead atoms. The van der Waals surface area contributed by atoms with Crippen LogP contribution < -0.4 is 0 Å². The molecule has 462 valence electrons. The SMILES string of the molecule is CCCCCCCCCCCCCCC(=O)OC[C@H](COP(=O)(O)OC[C@@H](O)COP(=O)(O)OC[C@@H](COC(=O)CCCCCCCCC)OC(=O)CCCCCCCCC)OC(=O)CCCCCCCCCCCCCC. The first-order valence-corrected chi connectivity index (χ1v) is 34.3. The minimum absolute atomic E-state index is 0.104. The van der Waals surface area contributed by atoms with Crippen LogP contribution in [0.5, 0.6) is 0 Å². The predicted octanol–water partition coefficient (Wildman–Crippen LogP) is 16.0. The highest BCUT2D eigenvalue weighted by molar-refractivity contribution is 7.47. The molecule has 0 saturated carbocycles. The highest BCUT2D eigenvalue weighted by Crippen LogP contribution is 2.45. The standard InChI is InChI=1S/C59H114O17P2/c1-5-9-13-17-21-23-25-27-29-33-36-40-44-57(62)70-50-55(76-59(64)46-42-38-34-30-28-26-24-22-18-14-10-6-2)52-74-78(67,68)72-48-53(60)47-71-77(65,66)73-51-54(75-58(63)45-41-37-32-20-16-12-8-4)49-69-56(61)43-39-35-31-19-15-11-7-3/h53-55,60H,5-52H2,1-4H3,(H,65,66)(H,67,68)/t53-,54+,55+/m0/s1. The molecule has 19 heteroatoms. The molecule has 3 N–H and O–H groups in total. The van der Waals surface area contributed by atoms with Gasteiger partial charge in [0.2, 0.25) is 0 Å². The Morgan fingerprint density at radius 3 is 0.756 bits per heavy atom. The van der Waals surface area contributed by atoms with E-state index in [1.807, 2.05) is 0 Å². The fourth-order valence-corrected chi connectivity index (χ4v) is 10.3. The second-order valence-corrected chi connectivity index (χ2v) is 24.3. The van der Waals surface area contributed by atoms with E-state index in [0.29, 0.717) is 25.7 Å². The smallest absolute Gasteiger partial charge is 0.462 e. The molecule has 0 fully saturated rings. The summed E-state index contributed by atoms with van der Waals surface area (Å²) in [6.45, 7) is 4.77. The van der Waals surface area contributed by atoms with Gasteiger partial charge in [-0.3, -0.25) is 37.3 Å². The molecule has 0 heterocycles. The van der Waals surface area contributed by atoms with Gasteiger partial charge in [0.25, 0.3) is 0 Å². The van der Waals surface area contributed by atoms with Gasteiger partial charge in [-0.1, -0.05) is 246 Å². The number of ether oxygens (including phenoxy) is 4. The monoisotopic (exact) mass is 1160 g/mol. The molecule has 0 aromatic heterocycles. The lowest BCUT2D eigenvalue weighted by molar-refractivity contribution is -0.161. The first-order valence-electron chi connectivity index (χ1n) is 31.3. The number of hydrogen-bond acceptors (Lipinski definition) is 15. The van der Waals surface area contributed by atoms with Gasteiger partial charge < -0.3 is 33.8 Å². The number of carbonyl (C=O) groups excluding carboxylic acids is 4. The van der Waals surface area contributed by atoms with E-state index in [2.05, 4.69) is 27.7 Å². The summed E-state index contributed by atoms with van der Waals surface area (Å²) in [7, 11) is -9.86. The van der Waals surface area contributed by atoms with Gasteiger partial charge in [-0.25, -0.2) is 9.13 Å². The molecular formula is C59H114O17P2. The maximum absolute atomic E-state index is 12.9. The largest absolute Gasteiger partial charge is 0.472 e. The van der Waals surface area contributed by atoms with Crippen molar-refractivity contribution in [2.75, 3.05) is 39.6 Å². The molecule has 0 saturated heterocycles. The molecule has 78 heavy (non-hydrogen) atoms. The number of esters is 4. The highest BCUT2D eigenvalue weighted by Gasteiger charge is 2.30. The van der Waals surface area contributed by atoms with E-state index >= 15 is 0 Å². The van der Waals surface area contributed by atoms with E-state index in [1.54, 1.807) is 0 Å². The molecule has 0 aromatic carbocycles. The Morgan fingerprint density at radius 1 is 0.308 bits per heavy atom. The van der Waals surface area contributed by atoms with Gasteiger partial charge in [0, 0.05) is 25.7 Å². The van der Waals surface area contributed by atoms with Crippen molar-refractivity contribution in [3.63, 3.8) is 0 Å². The molecule has 2 unspecified atom stereocenters. The van der Waals surface area contributed by atoms with Crippen LogP contribution in [0.1, 0.15) is 297 Å². The lowest BCUT2D eigenvalue weighted by Crippen LogP contribution is -2.30. The number of aliphatic hydroxyl groups excluding tert-OH is 1. The molecule has 0 spiro atoms. The average Bonchev–Trinajstić information content (AvgIpc) is 3.41. The predicted molar refractivity (Wildman–Crippen MR) is 308 cm³/mol. The topological polar surface area (TPSA) is 237 Å². The maximum Gasteiger partial charge on any atom is 0.472 e. The first kappa shape index (κ1) is 76.1. The zero-order chi connectivity index (χ0) is 57.6. The summed E-state index contributed by atoms with van der Waals surface area (Å²) in [4.78, 5) is 71.7. The Bertz CT molecular complexity index is 1520. The molecule has 0 aliphatic rings. The summed E-state index contributed by atoms with van der Waals surface area (Å²) < 4.78 is 67.6. The lowest BCUT2D eigenvalue weighted by atomic mass is 10.0. The van der Waals surface area contributed by atoms with Gasteiger partial charge in [0.15, 0.2) is 12.2 Å². The van der Waals surface area contributed by atoms with Gasteiger partial charge in [-0.15, -0.1) is 0 Å². The molecule has 17 nitrogen and oxygen atoms in total. The van der Waals surface area contributed by atoms with Gasteiger partial charge in [-0.05, 0) is 25.7 Å². The van der Waals surface area contributed by atoms with E-state index in [0.717, 1.165) is 116 Å². The fraction of sp³-hybridized carbons (Fsp3) is 0.932. The Labute approximate surface area is 473 Å². The molecule has 0 aromatic rings. The number of carbonyl (C=O) groups is 4. The van der Waals surface area contributed by atoms with Gasteiger partial charge in [-0.2, -0.15) is 0 Å². The molecule has 0 radical (unpaired) electrons. The van der Waals surface area contributed by atoms with E-state index < -0.39 is 97.5 Å². The van der Waals surface area contributed by atoms with Crippen LogP contribution in [0.2, 0.25) is 0 Å². The third-order valence-electron chi connectivity index (χ3n) is 13.6. The third kappa shape index (κ3) is 53.4. The fourth-order valence-electron chi connectivity index (χ4n) is 8.75. The highest BCUT2D eigenvalue weighted by atomic mass is 31.2. The first-order chi connectivity index (χ1) is 37.7. The average molecular weight is 1160 g/mol. The van der Waals surface area contributed by atoms with Crippen molar-refractivity contribution in [2.45, 2.75) is 316 Å². The van der Waals surface area contributed by atoms with Crippen LogP contribution in [0.25, 0.3) is 0 Å². The molecule has 0 amide bonds. The summed E-state index contributed by atoms with van der Waals surface area (Å²) in [6.07, 6.45) is 37.7. The summed E-state index contributed by atoms with van der Waals surface area (Å²) in [6, 6.07) is 0. The lowest BCUT2D eigenvalue weighted by Gasteiger charge is -2.21. The molecule has 0 aliphatic carbocycles. The molecular weight excluding hydrogens is 1040 g/mol. The van der Waals surface area contributed by atoms with E-state index in [4.69, 9.17) is 37.0 Å². The number of rotatable bonds is 60. The molecule has 0 rings (SSSR count). The summed E-state index contributed by atoms with van der Waals surface area (Å²) in [5.41, 5.74) is 0. The van der Waals surface area contributed by atoms with Crippen LogP contribution in [0.4, 0.5) is 0 Å². The van der Waals surface area contributed by atoms with Crippen LogP contribution >= 0.6 is 15.6 Å². The van der Waals surface area contributed by atoms with E-state index in [9.17, 15) is 43.2 Å². The summed E-state index contributed by atoms with van der Waals surface area (Å²) in [5, 5.41) is 10.5.